The van der Waals surface area contributed by atoms with Gasteiger partial charge in [0.05, 0.1) is 16.0 Å². The molecule has 0 unspecified atom stereocenters. The highest BCUT2D eigenvalue weighted by Gasteiger charge is 2.07. The molecule has 0 aliphatic heterocycles. The zero-order chi connectivity index (χ0) is 12.3. The van der Waals surface area contributed by atoms with Crippen molar-refractivity contribution in [2.45, 2.75) is 5.16 Å². The monoisotopic (exact) mass is 263 g/mol. The first-order chi connectivity index (χ1) is 8.24. The van der Waals surface area contributed by atoms with Crippen molar-refractivity contribution in [2.75, 3.05) is 5.08 Å². The summed E-state index contributed by atoms with van der Waals surface area (Å²) in [7, 11) is 1.70. The third-order valence-electron chi connectivity index (χ3n) is 2.25. The predicted molar refractivity (Wildman–Crippen MR) is 70.9 cm³/mol. The highest BCUT2D eigenvalue weighted by Crippen LogP contribution is 2.20. The second-order valence-corrected chi connectivity index (χ2v) is 5.34. The van der Waals surface area contributed by atoms with E-state index in [4.69, 9.17) is 5.26 Å². The minimum atomic E-state index is -0.0555. The summed E-state index contributed by atoms with van der Waals surface area (Å²) >= 11 is 2.53. The van der Waals surface area contributed by atoms with Gasteiger partial charge >= 0.3 is 0 Å². The molecular formula is C11H9N3OS2. The molecule has 0 bridgehead atoms. The summed E-state index contributed by atoms with van der Waals surface area (Å²) < 4.78 is 1.52. The lowest BCUT2D eigenvalue weighted by Crippen LogP contribution is -2.19. The van der Waals surface area contributed by atoms with Gasteiger partial charge in [-0.25, -0.2) is 4.98 Å². The molecular weight excluding hydrogens is 254 g/mol. The molecule has 0 saturated heterocycles. The summed E-state index contributed by atoms with van der Waals surface area (Å²) in [5, 5.41) is 12.3. The van der Waals surface area contributed by atoms with E-state index in [0.717, 1.165) is 11.8 Å². The number of fused-ring (bicyclic) bond motifs is 1. The Balaban J connectivity index is 2.47. The lowest BCUT2D eigenvalue weighted by molar-refractivity contribution is 0.727. The number of aromatic nitrogens is 2. The summed E-state index contributed by atoms with van der Waals surface area (Å²) in [4.78, 5) is 16.4. The maximum atomic E-state index is 12.0. The quantitative estimate of drug-likeness (QED) is 0.279. The van der Waals surface area contributed by atoms with Crippen LogP contribution in [0.2, 0.25) is 0 Å². The van der Waals surface area contributed by atoms with Crippen LogP contribution in [0.25, 0.3) is 10.9 Å². The van der Waals surface area contributed by atoms with E-state index in [1.54, 1.807) is 13.1 Å². The van der Waals surface area contributed by atoms with Crippen LogP contribution in [0.3, 0.4) is 0 Å². The second kappa shape index (κ2) is 5.25. The normalized spacial score (nSPS) is 10.4. The highest BCUT2D eigenvalue weighted by molar-refractivity contribution is 8.18. The van der Waals surface area contributed by atoms with Crippen molar-refractivity contribution in [3.63, 3.8) is 0 Å². The molecule has 0 fully saturated rings. The van der Waals surface area contributed by atoms with Gasteiger partial charge in [0.1, 0.15) is 5.40 Å². The van der Waals surface area contributed by atoms with Crippen molar-refractivity contribution in [2.24, 2.45) is 7.05 Å². The molecule has 1 aromatic heterocycles. The molecule has 6 heteroatoms. The van der Waals surface area contributed by atoms with Crippen molar-refractivity contribution >= 4 is 34.4 Å². The predicted octanol–water partition coefficient (Wildman–Crippen LogP) is 2.20. The van der Waals surface area contributed by atoms with Crippen molar-refractivity contribution in [1.29, 1.82) is 5.26 Å². The van der Waals surface area contributed by atoms with E-state index >= 15 is 0 Å². The van der Waals surface area contributed by atoms with Crippen LogP contribution in [0.1, 0.15) is 0 Å². The average molecular weight is 263 g/mol. The van der Waals surface area contributed by atoms with Crippen LogP contribution < -0.4 is 5.56 Å². The number of thioether (sulfide) groups is 2. The van der Waals surface area contributed by atoms with E-state index in [1.807, 2.05) is 23.6 Å². The topological polar surface area (TPSA) is 58.7 Å². The van der Waals surface area contributed by atoms with Crippen LogP contribution in [-0.4, -0.2) is 14.6 Å². The maximum Gasteiger partial charge on any atom is 0.261 e. The van der Waals surface area contributed by atoms with Gasteiger partial charge in [0.15, 0.2) is 5.16 Å². The Morgan fingerprint density at radius 3 is 3.00 bits per heavy atom. The number of para-hydroxylation sites is 1. The second-order valence-electron chi connectivity index (χ2n) is 3.27. The molecule has 1 heterocycles. The van der Waals surface area contributed by atoms with E-state index in [-0.39, 0.29) is 5.56 Å². The fourth-order valence-corrected chi connectivity index (χ4v) is 2.74. The molecule has 0 amide bonds. The first-order valence-corrected chi connectivity index (χ1v) is 6.80. The van der Waals surface area contributed by atoms with Crippen LogP contribution in [0.5, 0.6) is 0 Å². The standard InChI is InChI=1S/C11H9N3OS2/c1-14-10(15)8-4-2-3-5-9(8)13-11(14)17-7-16-6-12/h2-5H,7H2,1H3. The fraction of sp³-hybridized carbons (Fsp3) is 0.182. The van der Waals surface area contributed by atoms with Gasteiger partial charge in [-0.1, -0.05) is 23.9 Å². The SMILES string of the molecule is Cn1c(SCSC#N)nc2ccccc2c1=O. The number of rotatable bonds is 3. The van der Waals surface area contributed by atoms with E-state index < -0.39 is 0 Å². The maximum absolute atomic E-state index is 12.0. The van der Waals surface area contributed by atoms with Crippen LogP contribution in [0.4, 0.5) is 0 Å². The third kappa shape index (κ3) is 2.46. The Morgan fingerprint density at radius 2 is 2.24 bits per heavy atom. The molecule has 17 heavy (non-hydrogen) atoms. The molecule has 2 rings (SSSR count). The average Bonchev–Trinajstić information content (AvgIpc) is 2.35. The van der Waals surface area contributed by atoms with Crippen molar-refractivity contribution in [3.8, 4) is 5.40 Å². The summed E-state index contributed by atoms with van der Waals surface area (Å²) in [5.74, 6) is 0. The Kier molecular flexibility index (Phi) is 3.71. The minimum absolute atomic E-state index is 0.0555. The summed E-state index contributed by atoms with van der Waals surface area (Å²) in [6.07, 6.45) is 0. The van der Waals surface area contributed by atoms with E-state index in [1.165, 1.54) is 16.3 Å². The number of hydrogen-bond acceptors (Lipinski definition) is 5. The molecule has 2 aromatic rings. The number of hydrogen-bond donors (Lipinski definition) is 0. The van der Waals surface area contributed by atoms with Gasteiger partial charge in [0, 0.05) is 7.05 Å². The van der Waals surface area contributed by atoms with Gasteiger partial charge in [0.2, 0.25) is 0 Å². The van der Waals surface area contributed by atoms with Crippen molar-refractivity contribution in [1.82, 2.24) is 9.55 Å². The molecule has 0 N–H and O–H groups in total. The lowest BCUT2D eigenvalue weighted by Gasteiger charge is -2.07. The van der Waals surface area contributed by atoms with Crippen LogP contribution in [0.15, 0.2) is 34.2 Å². The fourth-order valence-electron chi connectivity index (χ4n) is 1.44. The zero-order valence-electron chi connectivity index (χ0n) is 9.08. The van der Waals surface area contributed by atoms with Crippen LogP contribution in [-0.2, 0) is 7.05 Å². The summed E-state index contributed by atoms with van der Waals surface area (Å²) in [6.45, 7) is 0. The first-order valence-electron chi connectivity index (χ1n) is 4.83. The van der Waals surface area contributed by atoms with Gasteiger partial charge in [-0.05, 0) is 23.9 Å². The van der Waals surface area contributed by atoms with Gasteiger partial charge in [-0.3, -0.25) is 9.36 Å². The molecule has 0 aliphatic carbocycles. The van der Waals surface area contributed by atoms with E-state index in [2.05, 4.69) is 4.98 Å². The third-order valence-corrected chi connectivity index (χ3v) is 3.95. The Labute approximate surface area is 107 Å². The Morgan fingerprint density at radius 1 is 1.47 bits per heavy atom. The number of thiocyanates is 1. The summed E-state index contributed by atoms with van der Waals surface area (Å²) in [5.41, 5.74) is 0.639. The molecule has 1 aromatic carbocycles. The molecule has 0 aliphatic rings. The van der Waals surface area contributed by atoms with Crippen LogP contribution >= 0.6 is 23.5 Å². The number of nitriles is 1. The molecule has 0 atom stereocenters. The van der Waals surface area contributed by atoms with E-state index in [9.17, 15) is 4.79 Å². The molecule has 0 radical (unpaired) electrons. The minimum Gasteiger partial charge on any atom is -0.290 e. The number of benzene rings is 1. The van der Waals surface area contributed by atoms with Crippen molar-refractivity contribution < 1.29 is 0 Å². The zero-order valence-corrected chi connectivity index (χ0v) is 10.7. The van der Waals surface area contributed by atoms with Crippen molar-refractivity contribution in [3.05, 3.63) is 34.6 Å². The first kappa shape index (κ1) is 12.0. The molecule has 4 nitrogen and oxygen atoms in total. The van der Waals surface area contributed by atoms with Gasteiger partial charge in [-0.2, -0.15) is 5.26 Å². The van der Waals surface area contributed by atoms with Gasteiger partial charge < -0.3 is 0 Å². The van der Waals surface area contributed by atoms with E-state index in [0.29, 0.717) is 21.1 Å². The Hall–Kier alpha value is -1.45. The largest absolute Gasteiger partial charge is 0.290 e. The smallest absolute Gasteiger partial charge is 0.261 e. The number of nitrogens with zero attached hydrogens (tertiary/aromatic N) is 3. The van der Waals surface area contributed by atoms with Crippen LogP contribution in [0, 0.1) is 10.7 Å². The molecule has 86 valence electrons. The molecule has 0 spiro atoms. The highest BCUT2D eigenvalue weighted by atomic mass is 32.2. The summed E-state index contributed by atoms with van der Waals surface area (Å²) in [6, 6.07) is 7.26. The van der Waals surface area contributed by atoms with Gasteiger partial charge in [-0.15, -0.1) is 0 Å². The Bertz CT molecular complexity index is 645. The van der Waals surface area contributed by atoms with Gasteiger partial charge in [0.25, 0.3) is 5.56 Å². The molecule has 0 saturated carbocycles. The lowest BCUT2D eigenvalue weighted by atomic mass is 10.2.